The highest BCUT2D eigenvalue weighted by Crippen LogP contribution is 2.56. The van der Waals surface area contributed by atoms with Crippen molar-refractivity contribution in [1.82, 2.24) is 14.8 Å². The zero-order valence-electron chi connectivity index (χ0n) is 19.6. The van der Waals surface area contributed by atoms with Gasteiger partial charge in [0.2, 0.25) is 5.91 Å². The second-order valence-corrected chi connectivity index (χ2v) is 10.1. The standard InChI is InChI=1S/C29H19BrN6O/c1-16-25-27(36(35-16)18-7-3-2-4-8-18)34-26(20-15-32-23-10-6-5-9-19(20)23)22(14-31)29(25)21-13-17(30)11-12-24(21)33-28(29)37/h2-13,15,32,34H,1H3,(H,33,37). The predicted octanol–water partition coefficient (Wildman–Crippen LogP) is 6.02. The lowest BCUT2D eigenvalue weighted by Gasteiger charge is -2.34. The van der Waals surface area contributed by atoms with Crippen LogP contribution in [-0.2, 0) is 10.2 Å². The van der Waals surface area contributed by atoms with E-state index in [0.29, 0.717) is 34.0 Å². The zero-order valence-corrected chi connectivity index (χ0v) is 21.2. The Kier molecular flexibility index (Phi) is 4.50. The molecule has 2 aliphatic rings. The molecule has 0 fully saturated rings. The fourth-order valence-corrected chi connectivity index (χ4v) is 6.09. The second kappa shape index (κ2) is 7.69. The van der Waals surface area contributed by atoms with E-state index in [4.69, 9.17) is 5.10 Å². The number of hydrogen-bond donors (Lipinski definition) is 3. The number of benzene rings is 3. The Labute approximate surface area is 220 Å². The number of amides is 1. The van der Waals surface area contributed by atoms with Gasteiger partial charge in [0.05, 0.1) is 28.7 Å². The molecule has 5 aromatic rings. The van der Waals surface area contributed by atoms with E-state index < -0.39 is 5.41 Å². The lowest BCUT2D eigenvalue weighted by atomic mass is 9.67. The van der Waals surface area contributed by atoms with Gasteiger partial charge in [-0.05, 0) is 43.3 Å². The van der Waals surface area contributed by atoms with Gasteiger partial charge in [0.1, 0.15) is 11.2 Å². The van der Waals surface area contributed by atoms with E-state index in [0.717, 1.165) is 32.2 Å². The van der Waals surface area contributed by atoms with E-state index in [1.54, 1.807) is 0 Å². The highest BCUT2D eigenvalue weighted by atomic mass is 79.9. The SMILES string of the molecule is Cc1nn(-c2ccccc2)c2c1C1(C(=O)Nc3ccc(Br)cc31)C(C#N)=C(c1c[nH]c3ccccc13)N2. The van der Waals surface area contributed by atoms with Crippen molar-refractivity contribution in [2.24, 2.45) is 0 Å². The van der Waals surface area contributed by atoms with Crippen molar-refractivity contribution >= 4 is 49.9 Å². The van der Waals surface area contributed by atoms with Gasteiger partial charge in [0.15, 0.2) is 0 Å². The molecule has 4 heterocycles. The van der Waals surface area contributed by atoms with Crippen LogP contribution in [0.5, 0.6) is 0 Å². The van der Waals surface area contributed by atoms with Crippen molar-refractivity contribution in [3.05, 3.63) is 111 Å². The van der Waals surface area contributed by atoms with Gasteiger partial charge >= 0.3 is 0 Å². The van der Waals surface area contributed by atoms with Crippen molar-refractivity contribution in [2.75, 3.05) is 10.6 Å². The first kappa shape index (κ1) is 21.7. The summed E-state index contributed by atoms with van der Waals surface area (Å²) < 4.78 is 2.64. The third-order valence-electron chi connectivity index (χ3n) is 7.25. The number of aromatic nitrogens is 3. The summed E-state index contributed by atoms with van der Waals surface area (Å²) in [5.74, 6) is 0.388. The molecule has 2 aliphatic heterocycles. The van der Waals surface area contributed by atoms with E-state index in [-0.39, 0.29) is 5.91 Å². The number of nitrogens with zero attached hydrogens (tertiary/aromatic N) is 3. The van der Waals surface area contributed by atoms with Crippen LogP contribution in [0.4, 0.5) is 11.5 Å². The summed E-state index contributed by atoms with van der Waals surface area (Å²) in [6.45, 7) is 1.89. The number of aryl methyl sites for hydroxylation is 1. The minimum Gasteiger partial charge on any atom is -0.360 e. The molecule has 2 aromatic heterocycles. The molecule has 1 unspecified atom stereocenters. The van der Waals surface area contributed by atoms with E-state index in [2.05, 4.69) is 37.6 Å². The summed E-state index contributed by atoms with van der Waals surface area (Å²) >= 11 is 3.58. The van der Waals surface area contributed by atoms with Crippen LogP contribution in [0.25, 0.3) is 22.3 Å². The van der Waals surface area contributed by atoms with Crippen LogP contribution >= 0.6 is 15.9 Å². The summed E-state index contributed by atoms with van der Waals surface area (Å²) in [7, 11) is 0. The summed E-state index contributed by atoms with van der Waals surface area (Å²) in [6, 6.07) is 25.8. The number of nitriles is 1. The number of H-pyrrole nitrogens is 1. The molecule has 0 bridgehead atoms. The summed E-state index contributed by atoms with van der Waals surface area (Å²) in [6.07, 6.45) is 1.88. The van der Waals surface area contributed by atoms with Gasteiger partial charge in [-0.3, -0.25) is 4.79 Å². The molecule has 0 aliphatic carbocycles. The molecular formula is C29H19BrN6O. The number of para-hydroxylation sites is 2. The number of aromatic amines is 1. The monoisotopic (exact) mass is 546 g/mol. The van der Waals surface area contributed by atoms with Crippen molar-refractivity contribution < 1.29 is 4.79 Å². The number of hydrogen-bond acceptors (Lipinski definition) is 4. The number of carbonyl (C=O) groups is 1. The lowest BCUT2D eigenvalue weighted by Crippen LogP contribution is -2.42. The Balaban J connectivity index is 1.64. The highest BCUT2D eigenvalue weighted by Gasteiger charge is 2.58. The average molecular weight is 547 g/mol. The normalized spacial score (nSPS) is 17.9. The van der Waals surface area contributed by atoms with E-state index in [1.165, 1.54) is 0 Å². The third kappa shape index (κ3) is 2.80. The molecule has 0 saturated heterocycles. The fourth-order valence-electron chi connectivity index (χ4n) is 5.73. The Morgan fingerprint density at radius 2 is 1.81 bits per heavy atom. The first-order valence-electron chi connectivity index (χ1n) is 11.8. The smallest absolute Gasteiger partial charge is 0.245 e. The zero-order chi connectivity index (χ0) is 25.3. The number of halogens is 1. The quantitative estimate of drug-likeness (QED) is 0.252. The maximum absolute atomic E-state index is 14.1. The number of carbonyl (C=O) groups excluding carboxylic acids is 1. The first-order chi connectivity index (χ1) is 18.0. The van der Waals surface area contributed by atoms with Crippen LogP contribution in [0.15, 0.2) is 89.0 Å². The lowest BCUT2D eigenvalue weighted by molar-refractivity contribution is -0.118. The van der Waals surface area contributed by atoms with Gasteiger partial charge < -0.3 is 15.6 Å². The molecule has 7 rings (SSSR count). The van der Waals surface area contributed by atoms with Crippen LogP contribution < -0.4 is 10.6 Å². The van der Waals surface area contributed by atoms with Gasteiger partial charge in [-0.2, -0.15) is 10.4 Å². The van der Waals surface area contributed by atoms with Gasteiger partial charge in [-0.15, -0.1) is 0 Å². The summed E-state index contributed by atoms with van der Waals surface area (Å²) in [4.78, 5) is 17.5. The number of rotatable bonds is 2. The summed E-state index contributed by atoms with van der Waals surface area (Å²) in [5.41, 5.74) is 4.87. The molecule has 7 nitrogen and oxygen atoms in total. The Morgan fingerprint density at radius 3 is 2.62 bits per heavy atom. The van der Waals surface area contributed by atoms with Gasteiger partial charge in [0, 0.05) is 44.0 Å². The minimum atomic E-state index is -1.38. The highest BCUT2D eigenvalue weighted by molar-refractivity contribution is 9.10. The molecule has 1 amide bonds. The minimum absolute atomic E-state index is 0.270. The Morgan fingerprint density at radius 1 is 1.03 bits per heavy atom. The number of nitrogens with one attached hydrogen (secondary N) is 3. The van der Waals surface area contributed by atoms with Crippen molar-refractivity contribution in [3.8, 4) is 11.8 Å². The fraction of sp³-hybridized carbons (Fsp3) is 0.0690. The molecule has 0 radical (unpaired) electrons. The van der Waals surface area contributed by atoms with Crippen molar-refractivity contribution in [3.63, 3.8) is 0 Å². The Bertz CT molecular complexity index is 1840. The van der Waals surface area contributed by atoms with Crippen LogP contribution in [0.3, 0.4) is 0 Å². The topological polar surface area (TPSA) is 98.5 Å². The third-order valence-corrected chi connectivity index (χ3v) is 7.74. The molecule has 1 atom stereocenters. The van der Waals surface area contributed by atoms with E-state index in [1.807, 2.05) is 90.6 Å². The van der Waals surface area contributed by atoms with Gasteiger partial charge in [0.25, 0.3) is 0 Å². The summed E-state index contributed by atoms with van der Waals surface area (Å²) in [5, 5.41) is 23.2. The van der Waals surface area contributed by atoms with Crippen molar-refractivity contribution in [2.45, 2.75) is 12.3 Å². The van der Waals surface area contributed by atoms with Crippen molar-refractivity contribution in [1.29, 1.82) is 5.26 Å². The first-order valence-corrected chi connectivity index (χ1v) is 12.6. The maximum Gasteiger partial charge on any atom is 0.245 e. The molecule has 8 heteroatoms. The van der Waals surface area contributed by atoms with Crippen LogP contribution in [0.1, 0.15) is 22.4 Å². The molecule has 37 heavy (non-hydrogen) atoms. The largest absolute Gasteiger partial charge is 0.360 e. The Hall–Kier alpha value is -4.61. The molecule has 3 aromatic carbocycles. The van der Waals surface area contributed by atoms with Crippen LogP contribution in [0, 0.1) is 18.3 Å². The van der Waals surface area contributed by atoms with E-state index in [9.17, 15) is 10.1 Å². The molecule has 178 valence electrons. The molecular weight excluding hydrogens is 528 g/mol. The van der Waals surface area contributed by atoms with Crippen LogP contribution in [0.2, 0.25) is 0 Å². The van der Waals surface area contributed by atoms with Gasteiger partial charge in [-0.1, -0.05) is 52.3 Å². The number of anilines is 2. The molecule has 3 N–H and O–H groups in total. The van der Waals surface area contributed by atoms with Gasteiger partial charge in [-0.25, -0.2) is 4.68 Å². The van der Waals surface area contributed by atoms with Crippen LogP contribution in [-0.4, -0.2) is 20.7 Å². The maximum atomic E-state index is 14.1. The van der Waals surface area contributed by atoms with E-state index >= 15 is 0 Å². The second-order valence-electron chi connectivity index (χ2n) is 9.19. The average Bonchev–Trinajstić information content (AvgIpc) is 3.57. The predicted molar refractivity (Wildman–Crippen MR) is 146 cm³/mol. The number of fused-ring (bicyclic) bond motifs is 5. The molecule has 1 spiro atoms. The molecule has 0 saturated carbocycles.